The van der Waals surface area contributed by atoms with Crippen LogP contribution in [0.5, 0.6) is 0 Å². The van der Waals surface area contributed by atoms with E-state index in [1.54, 1.807) is 11.8 Å². The number of carbonyl (C=O) groups excluding carboxylic acids is 2. The number of rotatable bonds is 1. The Kier molecular flexibility index (Phi) is 2.82. The zero-order chi connectivity index (χ0) is 14.4. The number of thiophene rings is 1. The van der Waals surface area contributed by atoms with Crippen molar-refractivity contribution in [3.05, 3.63) is 10.9 Å². The molecule has 0 bridgehead atoms. The minimum atomic E-state index is -0.481. The molecule has 2 aromatic rings. The van der Waals surface area contributed by atoms with Crippen molar-refractivity contribution in [3.63, 3.8) is 0 Å². The van der Waals surface area contributed by atoms with Crippen molar-refractivity contribution in [1.82, 2.24) is 15.3 Å². The molecule has 8 heteroatoms. The number of piperazine rings is 1. The first-order valence-electron chi connectivity index (χ1n) is 6.09. The number of aromatic nitrogens is 2. The molecule has 3 N–H and O–H groups in total. The Bertz CT molecular complexity index is 726. The van der Waals surface area contributed by atoms with Crippen molar-refractivity contribution in [2.45, 2.75) is 19.9 Å². The predicted octanol–water partition coefficient (Wildman–Crippen LogP) is 0.433. The lowest BCUT2D eigenvalue weighted by Crippen LogP contribution is -2.57. The van der Waals surface area contributed by atoms with E-state index in [2.05, 4.69) is 15.3 Å². The third-order valence-corrected chi connectivity index (χ3v) is 4.15. The van der Waals surface area contributed by atoms with Crippen LogP contribution in [0.4, 0.5) is 11.8 Å². The van der Waals surface area contributed by atoms with Gasteiger partial charge in [-0.25, -0.2) is 4.98 Å². The number of imide groups is 1. The lowest BCUT2D eigenvalue weighted by molar-refractivity contribution is -0.132. The zero-order valence-electron chi connectivity index (χ0n) is 11.0. The Balaban J connectivity index is 2.17. The molecule has 104 valence electrons. The lowest BCUT2D eigenvalue weighted by atomic mass is 10.2. The summed E-state index contributed by atoms with van der Waals surface area (Å²) in [6.07, 6.45) is 0. The molecule has 1 aliphatic rings. The molecular formula is C12H13N5O2S. The molecule has 1 atom stereocenters. The van der Waals surface area contributed by atoms with Gasteiger partial charge in [0.2, 0.25) is 17.8 Å². The molecule has 2 aromatic heterocycles. The molecule has 0 radical (unpaired) electrons. The summed E-state index contributed by atoms with van der Waals surface area (Å²) in [5.41, 5.74) is 5.73. The number of anilines is 2. The highest BCUT2D eigenvalue weighted by atomic mass is 32.1. The average Bonchev–Trinajstić information content (AvgIpc) is 2.73. The monoisotopic (exact) mass is 291 g/mol. The Morgan fingerprint density at radius 2 is 2.20 bits per heavy atom. The highest BCUT2D eigenvalue weighted by Gasteiger charge is 2.32. The van der Waals surface area contributed by atoms with Gasteiger partial charge < -0.3 is 10.6 Å². The van der Waals surface area contributed by atoms with Crippen LogP contribution in [-0.2, 0) is 9.59 Å². The number of carbonyl (C=O) groups is 2. The van der Waals surface area contributed by atoms with Crippen LogP contribution >= 0.6 is 11.3 Å². The van der Waals surface area contributed by atoms with E-state index in [1.165, 1.54) is 11.3 Å². The Hall–Kier alpha value is -2.22. The molecule has 20 heavy (non-hydrogen) atoms. The Morgan fingerprint density at radius 1 is 1.45 bits per heavy atom. The van der Waals surface area contributed by atoms with Gasteiger partial charge in [-0.3, -0.25) is 14.9 Å². The first kappa shape index (κ1) is 12.8. The van der Waals surface area contributed by atoms with Crippen LogP contribution in [0.3, 0.4) is 0 Å². The van der Waals surface area contributed by atoms with Crippen LogP contribution in [0.1, 0.15) is 11.8 Å². The normalized spacial score (nSPS) is 19.5. The summed E-state index contributed by atoms with van der Waals surface area (Å²) in [6, 6.07) is 1.46. The van der Waals surface area contributed by atoms with Gasteiger partial charge in [-0.05, 0) is 19.9 Å². The van der Waals surface area contributed by atoms with Crippen molar-refractivity contribution in [3.8, 4) is 0 Å². The lowest BCUT2D eigenvalue weighted by Gasteiger charge is -2.32. The maximum absolute atomic E-state index is 11.8. The number of fused-ring (bicyclic) bond motifs is 1. The summed E-state index contributed by atoms with van der Waals surface area (Å²) in [5, 5.41) is 3.12. The summed E-state index contributed by atoms with van der Waals surface area (Å²) in [4.78, 5) is 35.3. The van der Waals surface area contributed by atoms with Crippen LogP contribution < -0.4 is 16.0 Å². The van der Waals surface area contributed by atoms with Crippen LogP contribution in [-0.4, -0.2) is 34.4 Å². The van der Waals surface area contributed by atoms with E-state index in [4.69, 9.17) is 5.73 Å². The largest absolute Gasteiger partial charge is 0.368 e. The van der Waals surface area contributed by atoms with Crippen molar-refractivity contribution in [1.29, 1.82) is 0 Å². The minimum Gasteiger partial charge on any atom is -0.368 e. The fourth-order valence-electron chi connectivity index (χ4n) is 2.23. The number of amides is 2. The third kappa shape index (κ3) is 1.97. The maximum Gasteiger partial charge on any atom is 0.249 e. The van der Waals surface area contributed by atoms with Gasteiger partial charge in [0, 0.05) is 4.88 Å². The summed E-state index contributed by atoms with van der Waals surface area (Å²) in [5.74, 6) is -0.00329. The van der Waals surface area contributed by atoms with Gasteiger partial charge in [0.1, 0.15) is 16.7 Å². The molecule has 3 rings (SSSR count). The Morgan fingerprint density at radius 3 is 2.95 bits per heavy atom. The highest BCUT2D eigenvalue weighted by molar-refractivity contribution is 7.18. The fraction of sp³-hybridized carbons (Fsp3) is 0.333. The van der Waals surface area contributed by atoms with E-state index in [1.807, 2.05) is 13.0 Å². The summed E-state index contributed by atoms with van der Waals surface area (Å²) >= 11 is 1.50. The fourth-order valence-corrected chi connectivity index (χ4v) is 3.12. The van der Waals surface area contributed by atoms with Crippen LogP contribution in [0.2, 0.25) is 0 Å². The number of nitrogen functional groups attached to an aromatic ring is 1. The summed E-state index contributed by atoms with van der Waals surface area (Å²) in [7, 11) is 0. The van der Waals surface area contributed by atoms with Crippen molar-refractivity contribution >= 4 is 45.1 Å². The van der Waals surface area contributed by atoms with Gasteiger partial charge >= 0.3 is 0 Å². The van der Waals surface area contributed by atoms with Gasteiger partial charge in [-0.2, -0.15) is 4.98 Å². The topological polar surface area (TPSA) is 101 Å². The second kappa shape index (κ2) is 4.41. The molecule has 1 saturated heterocycles. The van der Waals surface area contributed by atoms with Crippen molar-refractivity contribution in [2.75, 3.05) is 17.2 Å². The maximum atomic E-state index is 11.8. The first-order chi connectivity index (χ1) is 9.45. The summed E-state index contributed by atoms with van der Waals surface area (Å²) < 4.78 is 0. The van der Waals surface area contributed by atoms with Gasteiger partial charge in [0.15, 0.2) is 0 Å². The molecule has 1 fully saturated rings. The van der Waals surface area contributed by atoms with Crippen molar-refractivity contribution < 1.29 is 9.59 Å². The molecule has 3 heterocycles. The number of nitrogens with two attached hydrogens (primary N) is 1. The molecule has 0 saturated carbocycles. The Labute approximate surface area is 118 Å². The van der Waals surface area contributed by atoms with E-state index >= 15 is 0 Å². The van der Waals surface area contributed by atoms with Gasteiger partial charge in [0.05, 0.1) is 11.9 Å². The smallest absolute Gasteiger partial charge is 0.249 e. The average molecular weight is 291 g/mol. The second-order valence-electron chi connectivity index (χ2n) is 4.70. The van der Waals surface area contributed by atoms with Crippen LogP contribution in [0.15, 0.2) is 6.07 Å². The highest BCUT2D eigenvalue weighted by Crippen LogP contribution is 2.32. The molecule has 0 aromatic carbocycles. The SMILES string of the molecule is Cc1cc2c(N3CC(=O)NC(=O)C3C)nc(N)nc2s1. The number of nitrogens with one attached hydrogen (secondary N) is 1. The quantitative estimate of drug-likeness (QED) is 0.739. The number of aryl methyl sites for hydroxylation is 1. The standard InChI is InChI=1S/C12H13N5O2S/c1-5-3-7-9(15-12(13)16-11(7)20-5)17-4-8(18)14-10(19)6(17)2/h3,6H,4H2,1-2H3,(H2,13,15,16)(H,14,18,19). The first-order valence-corrected chi connectivity index (χ1v) is 6.91. The van der Waals surface area contributed by atoms with E-state index in [-0.39, 0.29) is 24.3 Å². The summed E-state index contributed by atoms with van der Waals surface area (Å²) in [6.45, 7) is 3.77. The van der Waals surface area contributed by atoms with E-state index in [0.717, 1.165) is 15.1 Å². The van der Waals surface area contributed by atoms with E-state index < -0.39 is 6.04 Å². The molecule has 1 unspecified atom stereocenters. The molecule has 0 spiro atoms. The molecule has 1 aliphatic heterocycles. The van der Waals surface area contributed by atoms with Crippen LogP contribution in [0, 0.1) is 6.92 Å². The van der Waals surface area contributed by atoms with E-state index in [9.17, 15) is 9.59 Å². The number of nitrogens with zero attached hydrogens (tertiary/aromatic N) is 3. The molecular weight excluding hydrogens is 278 g/mol. The predicted molar refractivity (Wildman–Crippen MR) is 76.5 cm³/mol. The van der Waals surface area contributed by atoms with Crippen molar-refractivity contribution in [2.24, 2.45) is 0 Å². The van der Waals surface area contributed by atoms with Gasteiger partial charge in [0.25, 0.3) is 0 Å². The number of hydrogen-bond donors (Lipinski definition) is 2. The van der Waals surface area contributed by atoms with Crippen LogP contribution in [0.25, 0.3) is 10.2 Å². The molecule has 2 amide bonds. The van der Waals surface area contributed by atoms with E-state index in [0.29, 0.717) is 5.82 Å². The second-order valence-corrected chi connectivity index (χ2v) is 5.93. The minimum absolute atomic E-state index is 0.0767. The zero-order valence-corrected chi connectivity index (χ0v) is 11.8. The number of hydrogen-bond acceptors (Lipinski definition) is 7. The molecule has 0 aliphatic carbocycles. The molecule has 7 nitrogen and oxygen atoms in total. The van der Waals surface area contributed by atoms with Gasteiger partial charge in [-0.1, -0.05) is 0 Å². The van der Waals surface area contributed by atoms with Gasteiger partial charge in [-0.15, -0.1) is 11.3 Å². The third-order valence-electron chi connectivity index (χ3n) is 3.21.